The molecule has 11 heteroatoms. The molecule has 0 radical (unpaired) electrons. The first-order valence-corrected chi connectivity index (χ1v) is 12.0. The van der Waals surface area contributed by atoms with Crippen molar-refractivity contribution >= 4 is 55.7 Å². The van der Waals surface area contributed by atoms with E-state index in [0.717, 1.165) is 11.3 Å². The monoisotopic (exact) mass is 523 g/mol. The van der Waals surface area contributed by atoms with Gasteiger partial charge in [-0.05, 0) is 42.5 Å². The summed E-state index contributed by atoms with van der Waals surface area (Å²) < 4.78 is 25.6. The second-order valence-electron chi connectivity index (χ2n) is 8.01. The highest BCUT2D eigenvalue weighted by molar-refractivity contribution is 7.22. The molecule has 1 saturated heterocycles. The van der Waals surface area contributed by atoms with Crippen LogP contribution in [-0.2, 0) is 9.59 Å². The van der Waals surface area contributed by atoms with Gasteiger partial charge in [-0.25, -0.2) is 9.37 Å². The molecule has 2 aliphatic heterocycles. The third kappa shape index (κ3) is 3.57. The molecule has 1 fully saturated rings. The number of hydrogen-bond donors (Lipinski definition) is 1. The van der Waals surface area contributed by atoms with E-state index in [9.17, 15) is 19.1 Å². The van der Waals surface area contributed by atoms with E-state index in [0.29, 0.717) is 40.6 Å². The van der Waals surface area contributed by atoms with Crippen LogP contribution in [0.15, 0.2) is 60.3 Å². The Kier molecular flexibility index (Phi) is 5.35. The van der Waals surface area contributed by atoms with E-state index in [1.165, 1.54) is 23.2 Å². The van der Waals surface area contributed by atoms with Gasteiger partial charge in [-0.15, -0.1) is 0 Å². The summed E-state index contributed by atoms with van der Waals surface area (Å²) >= 11 is 6.93. The zero-order chi connectivity index (χ0) is 25.0. The molecule has 0 bridgehead atoms. The van der Waals surface area contributed by atoms with Crippen LogP contribution in [0.4, 0.5) is 9.52 Å². The van der Waals surface area contributed by atoms with Crippen molar-refractivity contribution in [3.05, 3.63) is 82.4 Å². The van der Waals surface area contributed by atoms with Gasteiger partial charge in [0.25, 0.3) is 5.78 Å². The average Bonchev–Trinajstić information content (AvgIpc) is 3.41. The number of ether oxygens (including phenoxy) is 2. The van der Waals surface area contributed by atoms with E-state index in [2.05, 4.69) is 9.97 Å². The Labute approximate surface area is 212 Å². The summed E-state index contributed by atoms with van der Waals surface area (Å²) in [5.41, 5.74) is 0.837. The van der Waals surface area contributed by atoms with Crippen molar-refractivity contribution in [3.8, 4) is 11.5 Å². The summed E-state index contributed by atoms with van der Waals surface area (Å²) in [5, 5.41) is 11.3. The number of pyridine rings is 1. The highest BCUT2D eigenvalue weighted by Gasteiger charge is 2.49. The number of amides is 1. The summed E-state index contributed by atoms with van der Waals surface area (Å²) in [5.74, 6) is -1.88. The van der Waals surface area contributed by atoms with E-state index in [-0.39, 0.29) is 21.3 Å². The minimum Gasteiger partial charge on any atom is -0.507 e. The van der Waals surface area contributed by atoms with Crippen LogP contribution in [-0.4, -0.2) is 40.0 Å². The lowest BCUT2D eigenvalue weighted by molar-refractivity contribution is -0.132. The number of fused-ring (bicyclic) bond motifs is 2. The molecular weight excluding hydrogens is 509 g/mol. The molecule has 180 valence electrons. The van der Waals surface area contributed by atoms with Crippen LogP contribution in [0.5, 0.6) is 11.5 Å². The Bertz CT molecular complexity index is 1550. The van der Waals surface area contributed by atoms with Gasteiger partial charge in [0.15, 0.2) is 16.6 Å². The van der Waals surface area contributed by atoms with Gasteiger partial charge in [0, 0.05) is 11.8 Å². The first-order valence-electron chi connectivity index (χ1n) is 10.8. The molecular formula is C25H15ClFN3O5S. The number of ketones is 1. The van der Waals surface area contributed by atoms with Gasteiger partial charge in [-0.2, -0.15) is 0 Å². The molecule has 4 aromatic rings. The van der Waals surface area contributed by atoms with Crippen LogP contribution >= 0.6 is 22.9 Å². The second kappa shape index (κ2) is 8.58. The van der Waals surface area contributed by atoms with E-state index in [4.69, 9.17) is 21.1 Å². The van der Waals surface area contributed by atoms with Crippen molar-refractivity contribution in [2.75, 3.05) is 18.1 Å². The van der Waals surface area contributed by atoms with Gasteiger partial charge in [0.1, 0.15) is 30.8 Å². The largest absolute Gasteiger partial charge is 0.507 e. The van der Waals surface area contributed by atoms with Crippen LogP contribution in [0, 0.1) is 5.82 Å². The average molecular weight is 524 g/mol. The summed E-state index contributed by atoms with van der Waals surface area (Å²) in [6.45, 7) is 0.748. The topological polar surface area (TPSA) is 102 Å². The third-order valence-electron chi connectivity index (χ3n) is 5.85. The lowest BCUT2D eigenvalue weighted by Crippen LogP contribution is -2.29. The fourth-order valence-corrected chi connectivity index (χ4v) is 5.36. The molecule has 2 aromatic heterocycles. The van der Waals surface area contributed by atoms with Crippen molar-refractivity contribution in [1.82, 2.24) is 9.97 Å². The third-order valence-corrected chi connectivity index (χ3v) is 7.16. The number of aliphatic hydroxyl groups excluding tert-OH is 1. The fourth-order valence-electron chi connectivity index (χ4n) is 4.21. The first-order chi connectivity index (χ1) is 17.4. The molecule has 36 heavy (non-hydrogen) atoms. The number of thiazole rings is 1. The van der Waals surface area contributed by atoms with Gasteiger partial charge in [0.2, 0.25) is 0 Å². The first kappa shape index (κ1) is 22.4. The number of hydrogen-bond acceptors (Lipinski definition) is 8. The summed E-state index contributed by atoms with van der Waals surface area (Å²) in [6, 6.07) is 11.3. The van der Waals surface area contributed by atoms with E-state index in [1.54, 1.807) is 36.4 Å². The van der Waals surface area contributed by atoms with Gasteiger partial charge in [0.05, 0.1) is 26.5 Å². The molecule has 0 spiro atoms. The van der Waals surface area contributed by atoms with Gasteiger partial charge in [-0.1, -0.05) is 29.0 Å². The highest BCUT2D eigenvalue weighted by Crippen LogP contribution is 2.44. The maximum absolute atomic E-state index is 14.0. The number of carbonyl (C=O) groups is 2. The second-order valence-corrected chi connectivity index (χ2v) is 9.43. The fraction of sp³-hybridized carbons (Fsp3) is 0.120. The minimum absolute atomic E-state index is 0.110. The Hall–Kier alpha value is -4.02. The normalized spacial score (nSPS) is 18.7. The molecule has 1 amide bonds. The molecule has 0 aliphatic carbocycles. The van der Waals surface area contributed by atoms with Crippen molar-refractivity contribution < 1.29 is 28.6 Å². The lowest BCUT2D eigenvalue weighted by atomic mass is 9.98. The summed E-state index contributed by atoms with van der Waals surface area (Å²) in [7, 11) is 0. The van der Waals surface area contributed by atoms with Crippen LogP contribution in [0.1, 0.15) is 17.3 Å². The minimum atomic E-state index is -1.07. The number of aliphatic hydroxyl groups is 1. The summed E-state index contributed by atoms with van der Waals surface area (Å²) in [4.78, 5) is 36.6. The van der Waals surface area contributed by atoms with Gasteiger partial charge < -0.3 is 14.6 Å². The summed E-state index contributed by atoms with van der Waals surface area (Å²) in [6.07, 6.45) is 1.52. The van der Waals surface area contributed by atoms with Crippen molar-refractivity contribution in [2.45, 2.75) is 6.04 Å². The number of nitrogens with zero attached hydrogens (tertiary/aromatic N) is 3. The van der Waals surface area contributed by atoms with E-state index in [1.807, 2.05) is 0 Å². The van der Waals surface area contributed by atoms with E-state index < -0.39 is 29.3 Å². The molecule has 1 N–H and O–H groups in total. The predicted molar refractivity (Wildman–Crippen MR) is 131 cm³/mol. The number of halogens is 2. The number of benzene rings is 2. The number of anilines is 1. The van der Waals surface area contributed by atoms with Gasteiger partial charge >= 0.3 is 5.91 Å². The smallest absolute Gasteiger partial charge is 0.301 e. The molecule has 2 aromatic carbocycles. The molecule has 2 aliphatic rings. The quantitative estimate of drug-likeness (QED) is 0.232. The molecule has 4 heterocycles. The van der Waals surface area contributed by atoms with Crippen molar-refractivity contribution in [2.24, 2.45) is 0 Å². The number of aromatic nitrogens is 2. The van der Waals surface area contributed by atoms with E-state index >= 15 is 0 Å². The van der Waals surface area contributed by atoms with Crippen LogP contribution < -0.4 is 14.4 Å². The zero-order valence-corrected chi connectivity index (χ0v) is 19.8. The van der Waals surface area contributed by atoms with Crippen molar-refractivity contribution in [3.63, 3.8) is 0 Å². The van der Waals surface area contributed by atoms with Crippen LogP contribution in [0.2, 0.25) is 5.02 Å². The van der Waals surface area contributed by atoms with Gasteiger partial charge in [-0.3, -0.25) is 19.5 Å². The molecule has 0 saturated carbocycles. The number of rotatable bonds is 3. The Morgan fingerprint density at radius 2 is 1.92 bits per heavy atom. The van der Waals surface area contributed by atoms with Crippen molar-refractivity contribution in [1.29, 1.82) is 0 Å². The molecule has 1 atom stereocenters. The molecule has 8 nitrogen and oxygen atoms in total. The maximum atomic E-state index is 14.0. The number of carbonyl (C=O) groups excluding carboxylic acids is 2. The van der Waals surface area contributed by atoms with Crippen LogP contribution in [0.3, 0.4) is 0 Å². The number of Topliss-reactive ketones (excluding diaryl/α,β-unsaturated/α-hetero) is 1. The van der Waals surface area contributed by atoms with Crippen LogP contribution in [0.25, 0.3) is 16.0 Å². The Balaban J connectivity index is 1.53. The predicted octanol–water partition coefficient (Wildman–Crippen LogP) is 4.88. The standard InChI is InChI=1S/C25H15ClFN3O5S/c26-13-10-16-19(11-14(13)27)36-25(29-16)30-21(15-3-1-2-6-28-15)20(23(32)24(30)33)22(31)12-4-5-17-18(9-12)35-8-7-34-17/h1-6,9-11,21,31H,7-8H2/b22-20+. The maximum Gasteiger partial charge on any atom is 0.301 e. The lowest BCUT2D eigenvalue weighted by Gasteiger charge is -2.22. The molecule has 6 rings (SSSR count). The Morgan fingerprint density at radius 1 is 1.11 bits per heavy atom. The zero-order valence-electron chi connectivity index (χ0n) is 18.3. The Morgan fingerprint density at radius 3 is 2.69 bits per heavy atom. The SMILES string of the molecule is O=C1C(=O)N(c2nc3cc(Cl)c(F)cc3s2)C(c2ccccn2)/C1=C(\O)c1ccc2c(c1)OCCO2. The molecule has 1 unspecified atom stereocenters. The highest BCUT2D eigenvalue weighted by atomic mass is 35.5.